The third kappa shape index (κ3) is 10.0. The first-order chi connectivity index (χ1) is 14.4. The van der Waals surface area contributed by atoms with E-state index in [0.717, 1.165) is 5.56 Å². The first-order valence-corrected chi connectivity index (χ1v) is 12.3. The number of amides is 1. The normalized spacial score (nSPS) is 12.9. The van der Waals surface area contributed by atoms with Crippen molar-refractivity contribution in [2.24, 2.45) is 0 Å². The van der Waals surface area contributed by atoms with Gasteiger partial charge in [-0.2, -0.15) is 0 Å². The van der Waals surface area contributed by atoms with E-state index >= 15 is 0 Å². The molecule has 1 amide bonds. The Bertz CT molecular complexity index is 784. The van der Waals surface area contributed by atoms with Crippen molar-refractivity contribution in [3.8, 4) is 5.75 Å². The van der Waals surface area contributed by atoms with E-state index in [-0.39, 0.29) is 19.6 Å². The summed E-state index contributed by atoms with van der Waals surface area (Å²) in [6.45, 7) is 8.82. The fraction of sp³-hybridized carbons (Fsp3) is 0.619. The predicted molar refractivity (Wildman–Crippen MR) is 120 cm³/mol. The monoisotopic (exact) mass is 477 g/mol. The van der Waals surface area contributed by atoms with Crippen LogP contribution >= 0.6 is 19.2 Å². The fourth-order valence-corrected chi connectivity index (χ4v) is 4.50. The maximum Gasteiger partial charge on any atom is 0.340 e. The highest BCUT2D eigenvalue weighted by molar-refractivity contribution is 7.54. The predicted octanol–water partition coefficient (Wildman–Crippen LogP) is 4.37. The minimum Gasteiger partial charge on any atom is -0.495 e. The van der Waals surface area contributed by atoms with Gasteiger partial charge in [-0.25, -0.2) is 4.79 Å². The smallest absolute Gasteiger partial charge is 0.340 e. The third-order valence-electron chi connectivity index (χ3n) is 3.95. The number of benzene rings is 1. The van der Waals surface area contributed by atoms with Gasteiger partial charge in [-0.3, -0.25) is 9.36 Å². The molecule has 0 aliphatic rings. The molecule has 1 N–H and O–H groups in total. The number of aryl methyl sites for hydroxylation is 1. The van der Waals surface area contributed by atoms with Gasteiger partial charge in [0.15, 0.2) is 0 Å². The minimum atomic E-state index is -3.59. The van der Waals surface area contributed by atoms with Crippen molar-refractivity contribution >= 4 is 31.1 Å². The lowest BCUT2D eigenvalue weighted by Crippen LogP contribution is -2.45. The summed E-state index contributed by atoms with van der Waals surface area (Å²) in [5.74, 6) is -0.651. The van der Waals surface area contributed by atoms with Gasteiger partial charge in [-0.1, -0.05) is 17.7 Å². The van der Waals surface area contributed by atoms with Gasteiger partial charge in [0.25, 0.3) is 0 Å². The number of ether oxygens (including phenoxy) is 2. The molecule has 8 nitrogen and oxygen atoms in total. The van der Waals surface area contributed by atoms with Crippen LogP contribution in [0.15, 0.2) is 18.2 Å². The summed E-state index contributed by atoms with van der Waals surface area (Å²) in [5, 5.41) is 3.07. The molecule has 0 aliphatic carbocycles. The Morgan fingerprint density at radius 1 is 1.16 bits per heavy atom. The van der Waals surface area contributed by atoms with Crippen molar-refractivity contribution in [1.29, 1.82) is 0 Å². The lowest BCUT2D eigenvalue weighted by Gasteiger charge is -2.25. The molecule has 1 rings (SSSR count). The quantitative estimate of drug-likeness (QED) is 0.352. The van der Waals surface area contributed by atoms with E-state index in [1.165, 1.54) is 7.11 Å². The molecule has 10 heteroatoms. The number of halogens is 1. The standard InChI is InChI=1S/C21H33ClNO7P/c1-7-28-31(26,29-8-2)14-19(24)23-17(20(25)30-21(3,4)5)11-9-15-10-12-18(27-6)16(22)13-15/h10,12-13,17H,7-9,11,14H2,1-6H3,(H,23,24)/t17-/m1/s1. The fourth-order valence-electron chi connectivity index (χ4n) is 2.74. The summed E-state index contributed by atoms with van der Waals surface area (Å²) >= 11 is 6.17. The van der Waals surface area contributed by atoms with Crippen LogP contribution in [-0.2, 0) is 34.4 Å². The molecule has 0 fully saturated rings. The number of hydrogen-bond donors (Lipinski definition) is 1. The molecule has 1 atom stereocenters. The van der Waals surface area contributed by atoms with E-state index in [1.807, 2.05) is 6.07 Å². The zero-order valence-electron chi connectivity index (χ0n) is 19.0. The summed E-state index contributed by atoms with van der Waals surface area (Å²) in [7, 11) is -2.07. The van der Waals surface area contributed by atoms with Gasteiger partial charge in [0, 0.05) is 0 Å². The zero-order chi connectivity index (χ0) is 23.7. The number of methoxy groups -OCH3 is 1. The number of esters is 1. The largest absolute Gasteiger partial charge is 0.495 e. The molecule has 0 aliphatic heterocycles. The summed E-state index contributed by atoms with van der Waals surface area (Å²) in [5.41, 5.74) is 0.137. The topological polar surface area (TPSA) is 100 Å². The number of hydrogen-bond acceptors (Lipinski definition) is 7. The second kappa shape index (κ2) is 12.4. The number of carbonyl (C=O) groups excluding carboxylic acids is 2. The van der Waals surface area contributed by atoms with Crippen LogP contribution in [0.25, 0.3) is 0 Å². The van der Waals surface area contributed by atoms with Gasteiger partial charge in [0.05, 0.1) is 25.3 Å². The first kappa shape index (κ1) is 27.4. The Balaban J connectivity index is 2.93. The Morgan fingerprint density at radius 3 is 2.26 bits per heavy atom. The van der Waals surface area contributed by atoms with Gasteiger partial charge in [-0.15, -0.1) is 0 Å². The van der Waals surface area contributed by atoms with Gasteiger partial charge < -0.3 is 23.8 Å². The lowest BCUT2D eigenvalue weighted by molar-refractivity contribution is -0.158. The minimum absolute atomic E-state index is 0.137. The van der Waals surface area contributed by atoms with E-state index < -0.39 is 37.3 Å². The van der Waals surface area contributed by atoms with Gasteiger partial charge >= 0.3 is 13.6 Å². The summed E-state index contributed by atoms with van der Waals surface area (Å²) < 4.78 is 33.5. The average Bonchev–Trinajstić information content (AvgIpc) is 2.63. The van der Waals surface area contributed by atoms with Crippen molar-refractivity contribution in [3.05, 3.63) is 28.8 Å². The third-order valence-corrected chi connectivity index (χ3v) is 6.23. The maximum atomic E-state index is 12.7. The van der Waals surface area contributed by atoms with Gasteiger partial charge in [0.1, 0.15) is 23.6 Å². The number of carbonyl (C=O) groups is 2. The maximum absolute atomic E-state index is 12.7. The molecule has 31 heavy (non-hydrogen) atoms. The second-order valence-electron chi connectivity index (χ2n) is 7.77. The molecule has 0 aromatic heterocycles. The molecule has 1 aromatic rings. The number of nitrogens with one attached hydrogen (secondary N) is 1. The van der Waals surface area contributed by atoms with E-state index in [4.69, 9.17) is 30.1 Å². The average molecular weight is 478 g/mol. The van der Waals surface area contributed by atoms with Gasteiger partial charge in [0.2, 0.25) is 5.91 Å². The molecule has 176 valence electrons. The van der Waals surface area contributed by atoms with E-state index in [1.54, 1.807) is 46.8 Å². The SMILES string of the molecule is CCOP(=O)(CC(=O)N[C@H](CCc1ccc(OC)c(Cl)c1)C(=O)OC(C)(C)C)OCC. The Hall–Kier alpha value is -1.60. The molecule has 0 spiro atoms. The summed E-state index contributed by atoms with van der Waals surface area (Å²) in [6, 6.07) is 4.37. The lowest BCUT2D eigenvalue weighted by atomic mass is 10.0. The van der Waals surface area contributed by atoms with E-state index in [0.29, 0.717) is 17.2 Å². The molecule has 0 heterocycles. The molecule has 0 unspecified atom stereocenters. The Morgan fingerprint density at radius 2 is 1.77 bits per heavy atom. The second-order valence-corrected chi connectivity index (χ2v) is 10.2. The van der Waals surface area contributed by atoms with Crippen molar-refractivity contribution in [3.63, 3.8) is 0 Å². The molecule has 0 bridgehead atoms. The zero-order valence-corrected chi connectivity index (χ0v) is 20.7. The van der Waals surface area contributed by atoms with Crippen LogP contribution in [0.2, 0.25) is 5.02 Å². The van der Waals surface area contributed by atoms with Crippen LogP contribution in [0.3, 0.4) is 0 Å². The molecular formula is C21H33ClNO7P. The molecule has 0 saturated heterocycles. The van der Waals surface area contributed by atoms with E-state index in [2.05, 4.69) is 5.32 Å². The van der Waals surface area contributed by atoms with Crippen molar-refractivity contribution in [2.75, 3.05) is 26.5 Å². The van der Waals surface area contributed by atoms with Gasteiger partial charge in [-0.05, 0) is 65.2 Å². The van der Waals surface area contributed by atoms with Crippen molar-refractivity contribution in [1.82, 2.24) is 5.32 Å². The Kier molecular flexibility index (Phi) is 11.0. The summed E-state index contributed by atoms with van der Waals surface area (Å²) in [4.78, 5) is 25.2. The number of rotatable bonds is 12. The van der Waals surface area contributed by atoms with Crippen LogP contribution in [0, 0.1) is 0 Å². The Labute approximate surface area is 189 Å². The van der Waals surface area contributed by atoms with Crippen LogP contribution in [-0.4, -0.2) is 50.0 Å². The van der Waals surface area contributed by atoms with Crippen LogP contribution in [0.4, 0.5) is 0 Å². The van der Waals surface area contributed by atoms with Crippen LogP contribution < -0.4 is 10.1 Å². The van der Waals surface area contributed by atoms with E-state index in [9.17, 15) is 14.2 Å². The molecular weight excluding hydrogens is 445 g/mol. The van der Waals surface area contributed by atoms with Crippen molar-refractivity contribution < 1.29 is 32.7 Å². The van der Waals surface area contributed by atoms with Crippen LogP contribution in [0.1, 0.15) is 46.6 Å². The molecule has 0 saturated carbocycles. The first-order valence-electron chi connectivity index (χ1n) is 10.2. The molecule has 0 radical (unpaired) electrons. The van der Waals surface area contributed by atoms with Crippen molar-refractivity contribution in [2.45, 2.75) is 59.1 Å². The molecule has 1 aromatic carbocycles. The van der Waals surface area contributed by atoms with Crippen LogP contribution in [0.5, 0.6) is 5.75 Å². The summed E-state index contributed by atoms with van der Waals surface area (Å²) in [6.07, 6.45) is 0.224. The highest BCUT2D eigenvalue weighted by Gasteiger charge is 2.31. The highest BCUT2D eigenvalue weighted by Crippen LogP contribution is 2.47. The highest BCUT2D eigenvalue weighted by atomic mass is 35.5.